The molecule has 0 atom stereocenters. The number of piperidine rings is 1. The normalized spacial score (nSPS) is 14.9. The van der Waals surface area contributed by atoms with Gasteiger partial charge in [0, 0.05) is 29.0 Å². The number of H-pyrrole nitrogens is 1. The van der Waals surface area contributed by atoms with E-state index in [1.807, 2.05) is 12.1 Å². The third-order valence-electron chi connectivity index (χ3n) is 6.85. The van der Waals surface area contributed by atoms with E-state index in [9.17, 15) is 13.2 Å². The number of nitrogens with one attached hydrogen (secondary N) is 1. The number of amides is 1. The predicted octanol–water partition coefficient (Wildman–Crippen LogP) is 6.14. The van der Waals surface area contributed by atoms with Gasteiger partial charge in [0.15, 0.2) is 0 Å². The van der Waals surface area contributed by atoms with Crippen molar-refractivity contribution in [1.82, 2.24) is 9.88 Å². The molecule has 5 nitrogen and oxygen atoms in total. The minimum atomic E-state index is -3.94. The van der Waals surface area contributed by atoms with Gasteiger partial charge < -0.3 is 9.88 Å². The van der Waals surface area contributed by atoms with Crippen molar-refractivity contribution in [2.45, 2.75) is 35.5 Å². The van der Waals surface area contributed by atoms with Crippen LogP contribution in [0.25, 0.3) is 10.9 Å². The summed E-state index contributed by atoms with van der Waals surface area (Å²) in [7, 11) is -3.94. The third-order valence-corrected chi connectivity index (χ3v) is 8.96. The molecule has 1 aliphatic heterocycles. The molecule has 180 valence electrons. The number of halogens is 1. The largest absolute Gasteiger partial charge is 0.349 e. The van der Waals surface area contributed by atoms with Crippen LogP contribution in [0.15, 0.2) is 88.7 Å². The van der Waals surface area contributed by atoms with E-state index >= 15 is 0 Å². The molecular weight excluding hydrogens is 480 g/mol. The van der Waals surface area contributed by atoms with Gasteiger partial charge in [-0.05, 0) is 67.5 Å². The number of para-hydroxylation sites is 1. The monoisotopic (exact) mass is 506 g/mol. The lowest BCUT2D eigenvalue weighted by molar-refractivity contribution is 0.0678. The molecule has 0 radical (unpaired) electrons. The average Bonchev–Trinajstić information content (AvgIpc) is 3.29. The summed E-state index contributed by atoms with van der Waals surface area (Å²) in [5.41, 5.74) is 2.09. The van der Waals surface area contributed by atoms with Gasteiger partial charge in [-0.3, -0.25) is 4.79 Å². The van der Waals surface area contributed by atoms with Gasteiger partial charge in [-0.25, -0.2) is 8.42 Å². The highest BCUT2D eigenvalue weighted by atomic mass is 35.5. The molecule has 0 spiro atoms. The van der Waals surface area contributed by atoms with E-state index in [4.69, 9.17) is 11.6 Å². The Morgan fingerprint density at radius 1 is 0.914 bits per heavy atom. The summed E-state index contributed by atoms with van der Waals surface area (Å²) in [6, 6.07) is 23.6. The lowest BCUT2D eigenvalue weighted by atomic mass is 9.90. The highest BCUT2D eigenvalue weighted by molar-refractivity contribution is 7.91. The Kier molecular flexibility index (Phi) is 6.67. The molecule has 3 aromatic carbocycles. The molecule has 7 heteroatoms. The van der Waals surface area contributed by atoms with Crippen LogP contribution in [0.3, 0.4) is 0 Å². The first-order valence-electron chi connectivity index (χ1n) is 11.9. The van der Waals surface area contributed by atoms with Crippen LogP contribution in [-0.2, 0) is 16.3 Å². The molecule has 0 bridgehead atoms. The Morgan fingerprint density at radius 3 is 2.29 bits per heavy atom. The van der Waals surface area contributed by atoms with E-state index in [0.29, 0.717) is 34.9 Å². The van der Waals surface area contributed by atoms with Gasteiger partial charge in [0.2, 0.25) is 9.84 Å². The zero-order chi connectivity index (χ0) is 24.4. The number of nitrogens with zero attached hydrogens (tertiary/aromatic N) is 1. The number of hydrogen-bond acceptors (Lipinski definition) is 3. The molecule has 35 heavy (non-hydrogen) atoms. The molecule has 1 aliphatic rings. The van der Waals surface area contributed by atoms with Crippen LogP contribution in [0.1, 0.15) is 35.3 Å². The number of carbonyl (C=O) groups excluding carboxylic acids is 1. The highest BCUT2D eigenvalue weighted by Gasteiger charge is 2.33. The summed E-state index contributed by atoms with van der Waals surface area (Å²) in [5.74, 6) is 0.287. The lowest BCUT2D eigenvalue weighted by Crippen LogP contribution is -2.39. The summed E-state index contributed by atoms with van der Waals surface area (Å²) in [6.45, 7) is 1.24. The topological polar surface area (TPSA) is 70.2 Å². The van der Waals surface area contributed by atoms with Crippen LogP contribution in [0, 0.1) is 5.92 Å². The molecular formula is C28H27ClN2O3S. The van der Waals surface area contributed by atoms with Gasteiger partial charge in [-0.2, -0.15) is 0 Å². The summed E-state index contributed by atoms with van der Waals surface area (Å²) in [6.07, 6.45) is 3.95. The van der Waals surface area contributed by atoms with E-state index in [1.165, 1.54) is 17.7 Å². The smallest absolute Gasteiger partial charge is 0.271 e. The van der Waals surface area contributed by atoms with Crippen LogP contribution in [0.5, 0.6) is 0 Å². The van der Waals surface area contributed by atoms with E-state index < -0.39 is 9.84 Å². The third kappa shape index (κ3) is 4.86. The first-order valence-corrected chi connectivity index (χ1v) is 13.7. The zero-order valence-corrected chi connectivity index (χ0v) is 20.9. The van der Waals surface area contributed by atoms with Gasteiger partial charge >= 0.3 is 0 Å². The Hall–Kier alpha value is -3.09. The van der Waals surface area contributed by atoms with Gasteiger partial charge in [0.25, 0.3) is 5.91 Å². The molecule has 1 aromatic heterocycles. The molecule has 0 unspecified atom stereocenters. The maximum Gasteiger partial charge on any atom is 0.271 e. The Bertz CT molecular complexity index is 1440. The zero-order valence-electron chi connectivity index (χ0n) is 19.3. The van der Waals surface area contributed by atoms with Crippen molar-refractivity contribution >= 4 is 38.2 Å². The van der Waals surface area contributed by atoms with Crippen molar-refractivity contribution < 1.29 is 13.2 Å². The summed E-state index contributed by atoms with van der Waals surface area (Å²) in [4.78, 5) is 18.7. The SMILES string of the molecule is O=C(c1[nH]c2ccccc2c1S(=O)(=O)c1ccc(Cl)cc1)N1CCC(CCc2ccccc2)CC1. The van der Waals surface area contributed by atoms with Crippen molar-refractivity contribution in [3.63, 3.8) is 0 Å². The number of sulfone groups is 1. The molecule has 1 N–H and O–H groups in total. The molecule has 1 fully saturated rings. The number of carbonyl (C=O) groups is 1. The molecule has 4 aromatic rings. The van der Waals surface area contributed by atoms with Crippen molar-refractivity contribution in [3.8, 4) is 0 Å². The number of aromatic amines is 1. The van der Waals surface area contributed by atoms with Crippen LogP contribution in [-0.4, -0.2) is 37.3 Å². The van der Waals surface area contributed by atoms with Crippen LogP contribution in [0.2, 0.25) is 5.02 Å². The fourth-order valence-electron chi connectivity index (χ4n) is 4.88. The van der Waals surface area contributed by atoms with Gasteiger partial charge in [0.1, 0.15) is 10.6 Å². The average molecular weight is 507 g/mol. The maximum absolute atomic E-state index is 13.7. The Labute approximate surface area is 210 Å². The van der Waals surface area contributed by atoms with E-state index in [0.717, 1.165) is 25.7 Å². The standard InChI is InChI=1S/C28H27ClN2O3S/c29-22-12-14-23(15-13-22)35(33,34)27-24-8-4-5-9-25(24)30-26(27)28(32)31-18-16-21(17-19-31)11-10-20-6-2-1-3-7-20/h1-9,12-15,21,30H,10-11,16-19H2. The number of rotatable bonds is 6. The maximum atomic E-state index is 13.7. The fraction of sp³-hybridized carbons (Fsp3) is 0.250. The Balaban J connectivity index is 1.38. The second kappa shape index (κ2) is 9.88. The summed E-state index contributed by atoms with van der Waals surface area (Å²) < 4.78 is 27.3. The second-order valence-electron chi connectivity index (χ2n) is 9.09. The van der Waals surface area contributed by atoms with Crippen molar-refractivity contribution in [2.75, 3.05) is 13.1 Å². The number of fused-ring (bicyclic) bond motifs is 1. The first kappa shape index (κ1) is 23.6. The molecule has 0 saturated carbocycles. The minimum absolute atomic E-state index is 0.0339. The van der Waals surface area contributed by atoms with Crippen LogP contribution in [0.4, 0.5) is 0 Å². The van der Waals surface area contributed by atoms with Crippen molar-refractivity contribution in [1.29, 1.82) is 0 Å². The molecule has 1 saturated heterocycles. The van der Waals surface area contributed by atoms with Crippen molar-refractivity contribution in [2.24, 2.45) is 5.92 Å². The number of aromatic nitrogens is 1. The molecule has 1 amide bonds. The van der Waals surface area contributed by atoms with Crippen LogP contribution >= 0.6 is 11.6 Å². The number of benzene rings is 3. The first-order chi connectivity index (χ1) is 16.9. The number of aryl methyl sites for hydroxylation is 1. The van der Waals surface area contributed by atoms with Crippen LogP contribution < -0.4 is 0 Å². The minimum Gasteiger partial charge on any atom is -0.349 e. The fourth-order valence-corrected chi connectivity index (χ4v) is 6.61. The van der Waals surface area contributed by atoms with Crippen molar-refractivity contribution in [3.05, 3.63) is 95.1 Å². The summed E-state index contributed by atoms with van der Waals surface area (Å²) in [5, 5.41) is 0.970. The molecule has 2 heterocycles. The summed E-state index contributed by atoms with van der Waals surface area (Å²) >= 11 is 5.97. The highest BCUT2D eigenvalue weighted by Crippen LogP contribution is 2.34. The van der Waals surface area contributed by atoms with E-state index in [2.05, 4.69) is 29.2 Å². The van der Waals surface area contributed by atoms with E-state index in [1.54, 1.807) is 35.2 Å². The van der Waals surface area contributed by atoms with Gasteiger partial charge in [-0.15, -0.1) is 0 Å². The second-order valence-corrected chi connectivity index (χ2v) is 11.4. The Morgan fingerprint density at radius 2 is 1.57 bits per heavy atom. The number of hydrogen-bond donors (Lipinski definition) is 1. The molecule has 0 aliphatic carbocycles. The van der Waals surface area contributed by atoms with Gasteiger partial charge in [-0.1, -0.05) is 60.1 Å². The molecule has 5 rings (SSSR count). The predicted molar refractivity (Wildman–Crippen MR) is 139 cm³/mol. The number of likely N-dealkylation sites (tertiary alicyclic amines) is 1. The quantitative estimate of drug-likeness (QED) is 0.341. The lowest BCUT2D eigenvalue weighted by Gasteiger charge is -2.32. The van der Waals surface area contributed by atoms with Gasteiger partial charge in [0.05, 0.1) is 4.90 Å². The van der Waals surface area contributed by atoms with E-state index in [-0.39, 0.29) is 21.4 Å².